The summed E-state index contributed by atoms with van der Waals surface area (Å²) in [6.07, 6.45) is 0.133. The summed E-state index contributed by atoms with van der Waals surface area (Å²) in [6, 6.07) is 13.1. The summed E-state index contributed by atoms with van der Waals surface area (Å²) in [7, 11) is 1.37. The van der Waals surface area contributed by atoms with E-state index in [1.165, 1.54) is 7.11 Å². The second-order valence-corrected chi connectivity index (χ2v) is 5.54. The highest BCUT2D eigenvalue weighted by molar-refractivity contribution is 6.29. The molecule has 0 aliphatic rings. The minimum Gasteiger partial charge on any atom is -0.469 e. The van der Waals surface area contributed by atoms with Crippen LogP contribution in [0.3, 0.4) is 0 Å². The Kier molecular flexibility index (Phi) is 4.57. The van der Waals surface area contributed by atoms with E-state index in [1.807, 2.05) is 37.3 Å². The smallest absolute Gasteiger partial charge is 0.310 e. The number of aromatic nitrogens is 4. The Labute approximate surface area is 144 Å². The summed E-state index contributed by atoms with van der Waals surface area (Å²) in [5, 5.41) is 12.8. The van der Waals surface area contributed by atoms with Crippen molar-refractivity contribution in [2.75, 3.05) is 7.11 Å². The average Bonchev–Trinajstić information content (AvgIpc) is 2.92. The molecule has 0 unspecified atom stereocenters. The van der Waals surface area contributed by atoms with Crippen LogP contribution in [-0.4, -0.2) is 33.1 Å². The van der Waals surface area contributed by atoms with Crippen LogP contribution < -0.4 is 0 Å². The van der Waals surface area contributed by atoms with E-state index in [0.717, 1.165) is 22.5 Å². The number of hydrogen-bond acceptors (Lipinski definition) is 5. The Morgan fingerprint density at radius 2 is 1.92 bits per heavy atom. The molecule has 2 aromatic heterocycles. The van der Waals surface area contributed by atoms with Crippen LogP contribution in [0.2, 0.25) is 5.15 Å². The molecule has 3 aromatic rings. The van der Waals surface area contributed by atoms with Gasteiger partial charge in [-0.25, -0.2) is 4.68 Å². The van der Waals surface area contributed by atoms with Crippen LogP contribution in [0.25, 0.3) is 17.1 Å². The van der Waals surface area contributed by atoms with Crippen molar-refractivity contribution in [3.63, 3.8) is 0 Å². The van der Waals surface area contributed by atoms with Crippen LogP contribution in [0.4, 0.5) is 0 Å². The van der Waals surface area contributed by atoms with Crippen molar-refractivity contribution < 1.29 is 9.53 Å². The lowest BCUT2D eigenvalue weighted by molar-refractivity contribution is -0.139. The minimum absolute atomic E-state index is 0.133. The molecule has 6 nitrogen and oxygen atoms in total. The Hall–Kier alpha value is -2.73. The SMILES string of the molecule is COC(=O)Cc1c(C)nn(-c2ccc(Cl)nn2)c1-c1ccccc1. The quantitative estimate of drug-likeness (QED) is 0.682. The summed E-state index contributed by atoms with van der Waals surface area (Å²) in [5.41, 5.74) is 3.24. The fourth-order valence-electron chi connectivity index (χ4n) is 2.47. The number of aryl methyl sites for hydroxylation is 1. The molecule has 0 aliphatic carbocycles. The largest absolute Gasteiger partial charge is 0.469 e. The van der Waals surface area contributed by atoms with Gasteiger partial charge in [0.15, 0.2) is 11.0 Å². The van der Waals surface area contributed by atoms with Gasteiger partial charge >= 0.3 is 5.97 Å². The lowest BCUT2D eigenvalue weighted by Gasteiger charge is -2.09. The first-order chi connectivity index (χ1) is 11.6. The van der Waals surface area contributed by atoms with Crippen LogP contribution in [0.15, 0.2) is 42.5 Å². The van der Waals surface area contributed by atoms with Crippen molar-refractivity contribution in [2.45, 2.75) is 13.3 Å². The Balaban J connectivity index is 2.20. The number of halogens is 1. The summed E-state index contributed by atoms with van der Waals surface area (Å²) in [4.78, 5) is 11.8. The second-order valence-electron chi connectivity index (χ2n) is 5.16. The van der Waals surface area contributed by atoms with E-state index in [1.54, 1.807) is 16.8 Å². The Bertz CT molecular complexity index is 860. The summed E-state index contributed by atoms with van der Waals surface area (Å²) in [5.74, 6) is 0.203. The molecule has 2 heterocycles. The van der Waals surface area contributed by atoms with E-state index in [0.29, 0.717) is 11.0 Å². The maximum Gasteiger partial charge on any atom is 0.310 e. The lowest BCUT2D eigenvalue weighted by Crippen LogP contribution is -2.07. The Morgan fingerprint density at radius 3 is 2.54 bits per heavy atom. The van der Waals surface area contributed by atoms with Gasteiger partial charge in [0.05, 0.1) is 24.9 Å². The highest BCUT2D eigenvalue weighted by Gasteiger charge is 2.21. The van der Waals surface area contributed by atoms with Crippen molar-refractivity contribution in [1.29, 1.82) is 0 Å². The van der Waals surface area contributed by atoms with Gasteiger partial charge in [0, 0.05) is 11.1 Å². The third kappa shape index (κ3) is 3.14. The minimum atomic E-state index is -0.322. The number of rotatable bonds is 4. The molecule has 0 aliphatic heterocycles. The monoisotopic (exact) mass is 342 g/mol. The number of nitrogens with zero attached hydrogens (tertiary/aromatic N) is 4. The van der Waals surface area contributed by atoms with Gasteiger partial charge in [0.2, 0.25) is 0 Å². The molecular formula is C17H15ClN4O2. The number of esters is 1. The van der Waals surface area contributed by atoms with Crippen molar-refractivity contribution in [3.8, 4) is 17.1 Å². The average molecular weight is 343 g/mol. The van der Waals surface area contributed by atoms with E-state index in [4.69, 9.17) is 16.3 Å². The lowest BCUT2D eigenvalue weighted by atomic mass is 10.0. The molecule has 7 heteroatoms. The first kappa shape index (κ1) is 16.1. The van der Waals surface area contributed by atoms with Crippen molar-refractivity contribution in [2.24, 2.45) is 0 Å². The van der Waals surface area contributed by atoms with E-state index in [9.17, 15) is 4.79 Å². The first-order valence-corrected chi connectivity index (χ1v) is 7.68. The number of carbonyl (C=O) groups excluding carboxylic acids is 1. The predicted octanol–water partition coefficient (Wildman–Crippen LogP) is 3.01. The van der Waals surface area contributed by atoms with Gasteiger partial charge < -0.3 is 4.74 Å². The molecule has 0 amide bonds. The summed E-state index contributed by atoms with van der Waals surface area (Å²) >= 11 is 5.82. The summed E-state index contributed by atoms with van der Waals surface area (Å²) < 4.78 is 6.48. The highest BCUT2D eigenvalue weighted by atomic mass is 35.5. The molecule has 0 saturated heterocycles. The molecule has 0 spiro atoms. The van der Waals surface area contributed by atoms with Gasteiger partial charge in [-0.3, -0.25) is 4.79 Å². The third-order valence-electron chi connectivity index (χ3n) is 3.62. The van der Waals surface area contributed by atoms with E-state index in [-0.39, 0.29) is 12.4 Å². The van der Waals surface area contributed by atoms with Crippen LogP contribution in [-0.2, 0) is 16.0 Å². The first-order valence-electron chi connectivity index (χ1n) is 7.30. The van der Waals surface area contributed by atoms with E-state index >= 15 is 0 Å². The van der Waals surface area contributed by atoms with Gasteiger partial charge in [0.25, 0.3) is 0 Å². The number of methoxy groups -OCH3 is 1. The number of hydrogen-bond donors (Lipinski definition) is 0. The zero-order valence-electron chi connectivity index (χ0n) is 13.2. The molecule has 0 N–H and O–H groups in total. The van der Waals surface area contributed by atoms with Crippen LogP contribution in [0, 0.1) is 6.92 Å². The molecule has 122 valence electrons. The molecular weight excluding hydrogens is 328 g/mol. The fraction of sp³-hybridized carbons (Fsp3) is 0.176. The van der Waals surface area contributed by atoms with Crippen molar-refractivity contribution >= 4 is 17.6 Å². The molecule has 0 atom stereocenters. The van der Waals surface area contributed by atoms with Crippen molar-refractivity contribution in [3.05, 3.63) is 58.9 Å². The Morgan fingerprint density at radius 1 is 1.17 bits per heavy atom. The van der Waals surface area contributed by atoms with Crippen LogP contribution in [0.1, 0.15) is 11.3 Å². The molecule has 1 aromatic carbocycles. The van der Waals surface area contributed by atoms with Gasteiger partial charge in [-0.2, -0.15) is 5.10 Å². The van der Waals surface area contributed by atoms with Crippen molar-refractivity contribution in [1.82, 2.24) is 20.0 Å². The second kappa shape index (κ2) is 6.80. The molecule has 0 bridgehead atoms. The van der Waals surface area contributed by atoms with E-state index in [2.05, 4.69) is 15.3 Å². The number of ether oxygens (including phenoxy) is 1. The van der Waals surface area contributed by atoms with Crippen LogP contribution >= 0.6 is 11.6 Å². The van der Waals surface area contributed by atoms with Gasteiger partial charge in [-0.05, 0) is 19.1 Å². The van der Waals surface area contributed by atoms with Gasteiger partial charge in [-0.15, -0.1) is 10.2 Å². The molecule has 24 heavy (non-hydrogen) atoms. The molecule has 0 saturated carbocycles. The molecule has 0 fully saturated rings. The highest BCUT2D eigenvalue weighted by Crippen LogP contribution is 2.29. The fourth-order valence-corrected chi connectivity index (χ4v) is 2.57. The number of benzene rings is 1. The zero-order valence-corrected chi connectivity index (χ0v) is 14.0. The maximum absolute atomic E-state index is 11.8. The molecule has 0 radical (unpaired) electrons. The third-order valence-corrected chi connectivity index (χ3v) is 3.82. The zero-order chi connectivity index (χ0) is 17.1. The standard InChI is InChI=1S/C17H15ClN4O2/c1-11-13(10-16(23)24-2)17(12-6-4-3-5-7-12)22(21-11)15-9-8-14(18)19-20-15/h3-9H,10H2,1-2H3. The number of carbonyl (C=O) groups is 1. The van der Waals surface area contributed by atoms with Crippen LogP contribution in [0.5, 0.6) is 0 Å². The normalized spacial score (nSPS) is 10.6. The predicted molar refractivity (Wildman–Crippen MR) is 90.1 cm³/mol. The summed E-state index contributed by atoms with van der Waals surface area (Å²) in [6.45, 7) is 1.85. The van der Waals surface area contributed by atoms with Gasteiger partial charge in [0.1, 0.15) is 0 Å². The molecule has 3 rings (SSSR count). The van der Waals surface area contributed by atoms with E-state index < -0.39 is 0 Å². The maximum atomic E-state index is 11.8. The van der Waals surface area contributed by atoms with Gasteiger partial charge in [-0.1, -0.05) is 41.9 Å². The topological polar surface area (TPSA) is 69.9 Å².